The molecule has 2 aliphatic rings. The van der Waals surface area contributed by atoms with Gasteiger partial charge in [-0.2, -0.15) is 0 Å². The molecule has 2 saturated carbocycles. The van der Waals surface area contributed by atoms with E-state index in [1.54, 1.807) is 0 Å². The van der Waals surface area contributed by atoms with Gasteiger partial charge in [0.1, 0.15) is 0 Å². The molecule has 0 aromatic heterocycles. The SMILES string of the molecule is CC1CCCCCC2(C)CCCCCCC2C1. The number of hydrogen-bond donors (Lipinski definition) is 0. The molecule has 0 nitrogen and oxygen atoms in total. The molecule has 0 N–H and O–H groups in total. The van der Waals surface area contributed by atoms with Crippen LogP contribution < -0.4 is 0 Å². The lowest BCUT2D eigenvalue weighted by Gasteiger charge is -2.40. The fourth-order valence-corrected chi connectivity index (χ4v) is 4.36. The van der Waals surface area contributed by atoms with Crippen LogP contribution in [-0.4, -0.2) is 0 Å². The van der Waals surface area contributed by atoms with Gasteiger partial charge in [0.05, 0.1) is 0 Å². The zero-order valence-electron chi connectivity index (χ0n) is 12.1. The quantitative estimate of drug-likeness (QED) is 0.487. The van der Waals surface area contributed by atoms with Crippen molar-refractivity contribution in [1.29, 1.82) is 0 Å². The molecule has 17 heavy (non-hydrogen) atoms. The van der Waals surface area contributed by atoms with Gasteiger partial charge in [0.25, 0.3) is 0 Å². The van der Waals surface area contributed by atoms with E-state index in [2.05, 4.69) is 13.8 Å². The largest absolute Gasteiger partial charge is 0.0625 e. The Morgan fingerprint density at radius 2 is 1.35 bits per heavy atom. The van der Waals surface area contributed by atoms with E-state index in [0.717, 1.165) is 11.8 Å². The van der Waals surface area contributed by atoms with E-state index < -0.39 is 0 Å². The lowest BCUT2D eigenvalue weighted by molar-refractivity contribution is 0.104. The molecule has 2 fully saturated rings. The van der Waals surface area contributed by atoms with Crippen molar-refractivity contribution in [2.45, 2.75) is 90.9 Å². The first kappa shape index (κ1) is 13.4. The third kappa shape index (κ3) is 3.73. The normalized spacial score (nSPS) is 41.3. The Labute approximate surface area is 109 Å². The van der Waals surface area contributed by atoms with Crippen molar-refractivity contribution in [3.8, 4) is 0 Å². The highest BCUT2D eigenvalue weighted by atomic mass is 14.4. The molecule has 0 aromatic carbocycles. The standard InChI is InChI=1S/C17H32/c1-15-10-6-5-9-13-17(2)12-8-4-3-7-11-16(17)14-15/h15-16H,3-14H2,1-2H3. The highest BCUT2D eigenvalue weighted by Gasteiger charge is 2.35. The smallest absolute Gasteiger partial charge is 0.0297 e. The first-order chi connectivity index (χ1) is 8.21. The second kappa shape index (κ2) is 6.25. The maximum absolute atomic E-state index is 2.63. The predicted molar refractivity (Wildman–Crippen MR) is 76.2 cm³/mol. The van der Waals surface area contributed by atoms with Gasteiger partial charge in [0, 0.05) is 0 Å². The van der Waals surface area contributed by atoms with Gasteiger partial charge >= 0.3 is 0 Å². The van der Waals surface area contributed by atoms with Gasteiger partial charge < -0.3 is 0 Å². The van der Waals surface area contributed by atoms with E-state index in [1.807, 2.05) is 0 Å². The van der Waals surface area contributed by atoms with Crippen LogP contribution in [-0.2, 0) is 0 Å². The van der Waals surface area contributed by atoms with Crippen LogP contribution in [0.2, 0.25) is 0 Å². The molecule has 0 amide bonds. The highest BCUT2D eigenvalue weighted by molar-refractivity contribution is 4.86. The second-order valence-corrected chi connectivity index (χ2v) is 7.24. The topological polar surface area (TPSA) is 0 Å². The Morgan fingerprint density at radius 1 is 0.765 bits per heavy atom. The maximum atomic E-state index is 2.63. The summed E-state index contributed by atoms with van der Waals surface area (Å²) in [6, 6.07) is 0. The Morgan fingerprint density at radius 3 is 2.12 bits per heavy atom. The molecule has 0 spiro atoms. The molecule has 0 heterocycles. The van der Waals surface area contributed by atoms with Crippen molar-refractivity contribution >= 4 is 0 Å². The number of hydrogen-bond acceptors (Lipinski definition) is 0. The van der Waals surface area contributed by atoms with Gasteiger partial charge in [0.2, 0.25) is 0 Å². The van der Waals surface area contributed by atoms with Crippen LogP contribution >= 0.6 is 0 Å². The Balaban J connectivity index is 2.08. The third-order valence-corrected chi connectivity index (χ3v) is 5.67. The third-order valence-electron chi connectivity index (χ3n) is 5.67. The van der Waals surface area contributed by atoms with Gasteiger partial charge in [-0.15, -0.1) is 0 Å². The zero-order chi connectivity index (χ0) is 12.1. The average Bonchev–Trinajstić information content (AvgIpc) is 2.34. The summed E-state index contributed by atoms with van der Waals surface area (Å²) in [5.41, 5.74) is 0.693. The van der Waals surface area contributed by atoms with Gasteiger partial charge in [0.15, 0.2) is 0 Å². The van der Waals surface area contributed by atoms with Crippen LogP contribution in [0.5, 0.6) is 0 Å². The molecule has 100 valence electrons. The van der Waals surface area contributed by atoms with Crippen molar-refractivity contribution in [2.24, 2.45) is 17.3 Å². The molecule has 0 heteroatoms. The summed E-state index contributed by atoms with van der Waals surface area (Å²) < 4.78 is 0. The van der Waals surface area contributed by atoms with E-state index in [-0.39, 0.29) is 0 Å². The van der Waals surface area contributed by atoms with E-state index in [4.69, 9.17) is 0 Å². The maximum Gasteiger partial charge on any atom is -0.0297 e. The van der Waals surface area contributed by atoms with Crippen molar-refractivity contribution in [1.82, 2.24) is 0 Å². The van der Waals surface area contributed by atoms with Gasteiger partial charge in [-0.1, -0.05) is 65.2 Å². The van der Waals surface area contributed by atoms with Crippen LogP contribution in [0.25, 0.3) is 0 Å². The molecular weight excluding hydrogens is 204 g/mol. The van der Waals surface area contributed by atoms with Crippen molar-refractivity contribution < 1.29 is 0 Å². The molecule has 0 radical (unpaired) electrons. The van der Waals surface area contributed by atoms with E-state index >= 15 is 0 Å². The molecular formula is C17H32. The molecule has 3 atom stereocenters. The first-order valence-corrected chi connectivity index (χ1v) is 8.21. The van der Waals surface area contributed by atoms with Crippen LogP contribution in [0.1, 0.15) is 90.9 Å². The van der Waals surface area contributed by atoms with Crippen LogP contribution in [0, 0.1) is 17.3 Å². The van der Waals surface area contributed by atoms with E-state index in [1.165, 1.54) is 77.0 Å². The Hall–Kier alpha value is 0. The highest BCUT2D eigenvalue weighted by Crippen LogP contribution is 2.46. The summed E-state index contributed by atoms with van der Waals surface area (Å²) in [6.07, 6.45) is 18.1. The summed E-state index contributed by atoms with van der Waals surface area (Å²) in [5.74, 6) is 2.02. The average molecular weight is 236 g/mol. The summed E-state index contributed by atoms with van der Waals surface area (Å²) in [4.78, 5) is 0. The zero-order valence-corrected chi connectivity index (χ0v) is 12.1. The summed E-state index contributed by atoms with van der Waals surface area (Å²) in [6.45, 7) is 5.13. The number of rotatable bonds is 0. The van der Waals surface area contributed by atoms with Gasteiger partial charge in [-0.05, 0) is 42.9 Å². The summed E-state index contributed by atoms with van der Waals surface area (Å²) in [5, 5.41) is 0. The van der Waals surface area contributed by atoms with Gasteiger partial charge in [-0.25, -0.2) is 0 Å². The van der Waals surface area contributed by atoms with Crippen molar-refractivity contribution in [3.63, 3.8) is 0 Å². The molecule has 0 saturated heterocycles. The molecule has 0 aromatic rings. The summed E-state index contributed by atoms with van der Waals surface area (Å²) >= 11 is 0. The molecule has 0 bridgehead atoms. The van der Waals surface area contributed by atoms with Crippen LogP contribution in [0.4, 0.5) is 0 Å². The minimum atomic E-state index is 0.693. The minimum absolute atomic E-state index is 0.693. The van der Waals surface area contributed by atoms with Crippen LogP contribution in [0.3, 0.4) is 0 Å². The first-order valence-electron chi connectivity index (χ1n) is 8.21. The lowest BCUT2D eigenvalue weighted by atomic mass is 9.65. The molecule has 2 aliphatic carbocycles. The monoisotopic (exact) mass is 236 g/mol. The molecule has 0 aliphatic heterocycles. The second-order valence-electron chi connectivity index (χ2n) is 7.24. The fraction of sp³-hybridized carbons (Fsp3) is 1.00. The minimum Gasteiger partial charge on any atom is -0.0625 e. The van der Waals surface area contributed by atoms with Gasteiger partial charge in [-0.3, -0.25) is 0 Å². The van der Waals surface area contributed by atoms with Crippen molar-refractivity contribution in [2.75, 3.05) is 0 Å². The Kier molecular flexibility index (Phi) is 4.94. The summed E-state index contributed by atoms with van der Waals surface area (Å²) in [7, 11) is 0. The molecule has 2 rings (SSSR count). The predicted octanol–water partition coefficient (Wildman–Crippen LogP) is 5.95. The molecule has 3 unspecified atom stereocenters. The van der Waals surface area contributed by atoms with E-state index in [9.17, 15) is 0 Å². The van der Waals surface area contributed by atoms with Crippen molar-refractivity contribution in [3.05, 3.63) is 0 Å². The lowest BCUT2D eigenvalue weighted by Crippen LogP contribution is -2.29. The van der Waals surface area contributed by atoms with E-state index in [0.29, 0.717) is 5.41 Å². The Bertz CT molecular complexity index is 220. The van der Waals surface area contributed by atoms with Crippen LogP contribution in [0.15, 0.2) is 0 Å². The number of fused-ring (bicyclic) bond motifs is 1. The fourth-order valence-electron chi connectivity index (χ4n) is 4.36.